The lowest BCUT2D eigenvalue weighted by Gasteiger charge is -2.38. The van der Waals surface area contributed by atoms with Gasteiger partial charge in [-0.15, -0.1) is 0 Å². The Bertz CT molecular complexity index is 756. The molecule has 1 aromatic carbocycles. The molecule has 2 aliphatic rings. The summed E-state index contributed by atoms with van der Waals surface area (Å²) in [6.07, 6.45) is -0.0118. The third-order valence-corrected chi connectivity index (χ3v) is 3.90. The molecule has 3 heterocycles. The molecule has 1 aromatic heterocycles. The molecule has 0 radical (unpaired) electrons. The van der Waals surface area contributed by atoms with Crippen molar-refractivity contribution in [2.45, 2.75) is 13.0 Å². The van der Waals surface area contributed by atoms with E-state index >= 15 is 0 Å². The number of benzene rings is 1. The van der Waals surface area contributed by atoms with Crippen LogP contribution in [0.4, 0.5) is 0 Å². The molecule has 23 heavy (non-hydrogen) atoms. The van der Waals surface area contributed by atoms with E-state index in [-0.39, 0.29) is 18.8 Å². The maximum Gasteiger partial charge on any atom is 0.254 e. The number of aryl methyl sites for hydroxylation is 1. The van der Waals surface area contributed by atoms with Crippen molar-refractivity contribution < 1.29 is 19.0 Å². The molecular formula is C17H16N2O4. The highest BCUT2D eigenvalue weighted by molar-refractivity contribution is 5.95. The molecule has 0 unspecified atom stereocenters. The van der Waals surface area contributed by atoms with E-state index in [1.807, 2.05) is 25.1 Å². The van der Waals surface area contributed by atoms with Crippen molar-refractivity contribution in [3.8, 4) is 17.4 Å². The van der Waals surface area contributed by atoms with Crippen LogP contribution in [0.2, 0.25) is 0 Å². The first-order valence-corrected chi connectivity index (χ1v) is 7.48. The predicted molar refractivity (Wildman–Crippen MR) is 81.9 cm³/mol. The van der Waals surface area contributed by atoms with Crippen LogP contribution in [0.3, 0.4) is 0 Å². The number of hydrogen-bond donors (Lipinski definition) is 0. The Morgan fingerprint density at radius 3 is 2.87 bits per heavy atom. The van der Waals surface area contributed by atoms with E-state index in [2.05, 4.69) is 4.98 Å². The predicted octanol–water partition coefficient (Wildman–Crippen LogP) is 2.02. The minimum atomic E-state index is -0.0275. The van der Waals surface area contributed by atoms with E-state index in [1.165, 1.54) is 0 Å². The van der Waals surface area contributed by atoms with E-state index in [0.717, 1.165) is 5.69 Å². The van der Waals surface area contributed by atoms with Crippen molar-refractivity contribution in [3.63, 3.8) is 0 Å². The summed E-state index contributed by atoms with van der Waals surface area (Å²) < 4.78 is 16.3. The Morgan fingerprint density at radius 2 is 2.04 bits per heavy atom. The Kier molecular flexibility index (Phi) is 3.29. The number of ether oxygens (including phenoxy) is 3. The van der Waals surface area contributed by atoms with Crippen LogP contribution in [0.15, 0.2) is 36.4 Å². The zero-order valence-electron chi connectivity index (χ0n) is 12.7. The van der Waals surface area contributed by atoms with Crippen LogP contribution >= 0.6 is 0 Å². The second-order valence-electron chi connectivity index (χ2n) is 5.64. The van der Waals surface area contributed by atoms with Gasteiger partial charge in [-0.2, -0.15) is 0 Å². The van der Waals surface area contributed by atoms with E-state index in [9.17, 15) is 4.79 Å². The van der Waals surface area contributed by atoms with Gasteiger partial charge in [0.25, 0.3) is 5.91 Å². The molecule has 4 rings (SSSR count). The van der Waals surface area contributed by atoms with E-state index < -0.39 is 0 Å². The normalized spacial score (nSPS) is 16.1. The molecule has 0 aliphatic carbocycles. The topological polar surface area (TPSA) is 60.9 Å². The van der Waals surface area contributed by atoms with Crippen molar-refractivity contribution in [1.82, 2.24) is 9.88 Å². The maximum absolute atomic E-state index is 12.4. The van der Waals surface area contributed by atoms with Gasteiger partial charge in [0.05, 0.1) is 13.1 Å². The zero-order chi connectivity index (χ0) is 15.8. The number of pyridine rings is 1. The molecule has 1 amide bonds. The van der Waals surface area contributed by atoms with Crippen LogP contribution in [0.5, 0.6) is 17.4 Å². The molecule has 6 nitrogen and oxygen atoms in total. The summed E-state index contributed by atoms with van der Waals surface area (Å²) in [6.45, 7) is 3.24. The Hall–Kier alpha value is -2.76. The van der Waals surface area contributed by atoms with Gasteiger partial charge >= 0.3 is 0 Å². The van der Waals surface area contributed by atoms with Crippen molar-refractivity contribution in [2.75, 3.05) is 19.9 Å². The highest BCUT2D eigenvalue weighted by atomic mass is 16.7. The average Bonchev–Trinajstić information content (AvgIpc) is 2.97. The molecule has 1 fully saturated rings. The minimum absolute atomic E-state index is 0.0118. The number of carbonyl (C=O) groups excluding carboxylic acids is 1. The Balaban J connectivity index is 1.37. The Labute approximate surface area is 133 Å². The molecular weight excluding hydrogens is 296 g/mol. The second kappa shape index (κ2) is 5.46. The molecule has 2 aromatic rings. The quantitative estimate of drug-likeness (QED) is 0.868. The fourth-order valence-electron chi connectivity index (χ4n) is 2.65. The molecule has 118 valence electrons. The van der Waals surface area contributed by atoms with Crippen molar-refractivity contribution in [1.29, 1.82) is 0 Å². The average molecular weight is 312 g/mol. The maximum atomic E-state index is 12.4. The van der Waals surface area contributed by atoms with Crippen LogP contribution in [0, 0.1) is 6.92 Å². The third kappa shape index (κ3) is 2.67. The summed E-state index contributed by atoms with van der Waals surface area (Å²) in [6, 6.07) is 10.9. The van der Waals surface area contributed by atoms with Crippen molar-refractivity contribution >= 4 is 5.91 Å². The minimum Gasteiger partial charge on any atom is -0.471 e. The highest BCUT2D eigenvalue weighted by Gasteiger charge is 2.33. The second-order valence-corrected chi connectivity index (χ2v) is 5.64. The molecule has 1 saturated heterocycles. The number of nitrogens with zero attached hydrogens (tertiary/aromatic N) is 2. The Morgan fingerprint density at radius 1 is 1.22 bits per heavy atom. The first-order chi connectivity index (χ1) is 11.2. The highest BCUT2D eigenvalue weighted by Crippen LogP contribution is 2.33. The van der Waals surface area contributed by atoms with Gasteiger partial charge in [-0.25, -0.2) is 4.98 Å². The number of amides is 1. The first kappa shape index (κ1) is 13.9. The number of fused-ring (bicyclic) bond motifs is 1. The van der Waals surface area contributed by atoms with Crippen LogP contribution in [0.1, 0.15) is 16.1 Å². The monoisotopic (exact) mass is 312 g/mol. The van der Waals surface area contributed by atoms with Crippen LogP contribution in [-0.4, -0.2) is 41.8 Å². The van der Waals surface area contributed by atoms with Gasteiger partial charge in [0.2, 0.25) is 12.7 Å². The molecule has 2 aliphatic heterocycles. The lowest BCUT2D eigenvalue weighted by Crippen LogP contribution is -2.56. The molecule has 0 bridgehead atoms. The summed E-state index contributed by atoms with van der Waals surface area (Å²) in [5.41, 5.74) is 1.51. The molecule has 0 N–H and O–H groups in total. The van der Waals surface area contributed by atoms with E-state index in [1.54, 1.807) is 23.1 Å². The van der Waals surface area contributed by atoms with Crippen LogP contribution in [-0.2, 0) is 0 Å². The number of carbonyl (C=O) groups is 1. The standard InChI is InChI=1S/C17H16N2O4/c1-11-3-2-4-16(18-11)23-13-8-19(9-13)17(20)12-5-6-14-15(7-12)22-10-21-14/h2-7,13H,8-10H2,1H3. The van der Waals surface area contributed by atoms with Crippen molar-refractivity contribution in [3.05, 3.63) is 47.7 Å². The third-order valence-electron chi connectivity index (χ3n) is 3.90. The largest absolute Gasteiger partial charge is 0.471 e. The fourth-order valence-corrected chi connectivity index (χ4v) is 2.65. The summed E-state index contributed by atoms with van der Waals surface area (Å²) in [5, 5.41) is 0. The smallest absolute Gasteiger partial charge is 0.254 e. The van der Waals surface area contributed by atoms with Gasteiger partial charge in [-0.05, 0) is 31.2 Å². The van der Waals surface area contributed by atoms with Gasteiger partial charge in [-0.1, -0.05) is 6.07 Å². The summed E-state index contributed by atoms with van der Waals surface area (Å²) in [5.74, 6) is 1.87. The first-order valence-electron chi connectivity index (χ1n) is 7.48. The van der Waals surface area contributed by atoms with Gasteiger partial charge < -0.3 is 19.1 Å². The lowest BCUT2D eigenvalue weighted by atomic mass is 10.1. The summed E-state index contributed by atoms with van der Waals surface area (Å²) in [4.78, 5) is 18.5. The van der Waals surface area contributed by atoms with Gasteiger partial charge in [0, 0.05) is 17.3 Å². The number of hydrogen-bond acceptors (Lipinski definition) is 5. The van der Waals surface area contributed by atoms with Crippen LogP contribution in [0.25, 0.3) is 0 Å². The van der Waals surface area contributed by atoms with Gasteiger partial charge in [0.1, 0.15) is 6.10 Å². The lowest BCUT2D eigenvalue weighted by molar-refractivity contribution is 0.0159. The SMILES string of the molecule is Cc1cccc(OC2CN(C(=O)c3ccc4c(c3)OCO4)C2)n1. The zero-order valence-corrected chi connectivity index (χ0v) is 12.7. The molecule has 0 atom stereocenters. The summed E-state index contributed by atoms with van der Waals surface area (Å²) in [7, 11) is 0. The van der Waals surface area contributed by atoms with E-state index in [4.69, 9.17) is 14.2 Å². The van der Waals surface area contributed by atoms with Crippen LogP contribution < -0.4 is 14.2 Å². The molecule has 0 spiro atoms. The molecule has 0 saturated carbocycles. The number of aromatic nitrogens is 1. The van der Waals surface area contributed by atoms with Crippen molar-refractivity contribution in [2.24, 2.45) is 0 Å². The van der Waals surface area contributed by atoms with E-state index in [0.29, 0.717) is 36.0 Å². The fraction of sp³-hybridized carbons (Fsp3) is 0.294. The van der Waals surface area contributed by atoms with Gasteiger partial charge in [-0.3, -0.25) is 4.79 Å². The number of likely N-dealkylation sites (tertiary alicyclic amines) is 1. The van der Waals surface area contributed by atoms with Gasteiger partial charge in [0.15, 0.2) is 11.5 Å². The number of rotatable bonds is 3. The summed E-state index contributed by atoms with van der Waals surface area (Å²) >= 11 is 0. The molecule has 6 heteroatoms.